The van der Waals surface area contributed by atoms with Crippen LogP contribution in [-0.2, 0) is 0 Å². The maximum absolute atomic E-state index is 12.4. The molecule has 1 saturated carbocycles. The fraction of sp³-hybridized carbons (Fsp3) is 0.588. The quantitative estimate of drug-likeness (QED) is 0.701. The van der Waals surface area contributed by atoms with Crippen molar-refractivity contribution in [3.63, 3.8) is 0 Å². The zero-order chi connectivity index (χ0) is 13.7. The summed E-state index contributed by atoms with van der Waals surface area (Å²) in [6.07, 6.45) is 6.99. The molecule has 104 valence electrons. The number of aryl methyl sites for hydroxylation is 1. The van der Waals surface area contributed by atoms with Gasteiger partial charge in [0.15, 0.2) is 5.78 Å². The zero-order valence-corrected chi connectivity index (χ0v) is 12.1. The Bertz CT molecular complexity index is 431. The van der Waals surface area contributed by atoms with Gasteiger partial charge < -0.3 is 4.74 Å². The van der Waals surface area contributed by atoms with E-state index in [1.165, 1.54) is 25.7 Å². The molecule has 0 N–H and O–H groups in total. The maximum atomic E-state index is 12.4. The number of hydrogen-bond donors (Lipinski definition) is 0. The molecule has 0 aromatic heterocycles. The minimum atomic E-state index is 0.235. The first-order valence-corrected chi connectivity index (χ1v) is 7.47. The monoisotopic (exact) mass is 260 g/mol. The van der Waals surface area contributed by atoms with E-state index >= 15 is 0 Å². The summed E-state index contributed by atoms with van der Waals surface area (Å²) in [5.74, 6) is 1.74. The van der Waals surface area contributed by atoms with Crippen molar-refractivity contribution in [1.29, 1.82) is 0 Å². The Morgan fingerprint density at radius 1 is 1.32 bits per heavy atom. The number of ether oxygens (including phenoxy) is 1. The fourth-order valence-electron chi connectivity index (χ4n) is 2.91. The highest BCUT2D eigenvalue weighted by molar-refractivity contribution is 5.98. The van der Waals surface area contributed by atoms with E-state index in [4.69, 9.17) is 4.74 Å². The molecule has 0 saturated heterocycles. The topological polar surface area (TPSA) is 26.3 Å². The van der Waals surface area contributed by atoms with E-state index < -0.39 is 0 Å². The number of rotatable bonds is 6. The molecular formula is C17H24O2. The highest BCUT2D eigenvalue weighted by atomic mass is 16.5. The van der Waals surface area contributed by atoms with Crippen LogP contribution in [0.4, 0.5) is 0 Å². The second-order valence-electron chi connectivity index (χ2n) is 5.54. The van der Waals surface area contributed by atoms with Crippen molar-refractivity contribution in [2.75, 3.05) is 6.61 Å². The van der Waals surface area contributed by atoms with E-state index in [9.17, 15) is 4.79 Å². The largest absolute Gasteiger partial charge is 0.493 e. The summed E-state index contributed by atoms with van der Waals surface area (Å²) < 4.78 is 5.56. The Morgan fingerprint density at radius 2 is 2.05 bits per heavy atom. The molecule has 0 unspecified atom stereocenters. The predicted molar refractivity (Wildman–Crippen MR) is 77.9 cm³/mol. The lowest BCUT2D eigenvalue weighted by Gasteiger charge is -2.12. The minimum Gasteiger partial charge on any atom is -0.493 e. The first kappa shape index (κ1) is 14.1. The van der Waals surface area contributed by atoms with E-state index in [0.29, 0.717) is 13.0 Å². The molecule has 1 aromatic rings. The Balaban J connectivity index is 2.02. The van der Waals surface area contributed by atoms with Crippen LogP contribution < -0.4 is 4.74 Å². The van der Waals surface area contributed by atoms with Crippen LogP contribution in [0.15, 0.2) is 18.2 Å². The van der Waals surface area contributed by atoms with Crippen molar-refractivity contribution in [3.8, 4) is 5.75 Å². The van der Waals surface area contributed by atoms with Gasteiger partial charge in [-0.15, -0.1) is 0 Å². The lowest BCUT2D eigenvalue weighted by molar-refractivity contribution is 0.0970. The number of benzene rings is 1. The highest BCUT2D eigenvalue weighted by Gasteiger charge is 2.18. The molecule has 0 spiro atoms. The van der Waals surface area contributed by atoms with E-state index in [2.05, 4.69) is 0 Å². The molecule has 0 radical (unpaired) electrons. The van der Waals surface area contributed by atoms with Crippen LogP contribution in [0.1, 0.15) is 61.4 Å². The fourth-order valence-corrected chi connectivity index (χ4v) is 2.91. The Labute approximate surface area is 116 Å². The molecule has 0 heterocycles. The van der Waals surface area contributed by atoms with Crippen molar-refractivity contribution >= 4 is 5.78 Å². The summed E-state index contributed by atoms with van der Waals surface area (Å²) in [7, 11) is 0. The van der Waals surface area contributed by atoms with E-state index in [1.807, 2.05) is 32.0 Å². The van der Waals surface area contributed by atoms with Gasteiger partial charge in [0.25, 0.3) is 0 Å². The molecule has 2 heteroatoms. The Kier molecular flexibility index (Phi) is 5.00. The molecular weight excluding hydrogens is 236 g/mol. The third-order valence-corrected chi connectivity index (χ3v) is 3.99. The van der Waals surface area contributed by atoms with Gasteiger partial charge in [0, 0.05) is 6.42 Å². The van der Waals surface area contributed by atoms with Gasteiger partial charge in [-0.3, -0.25) is 4.79 Å². The smallest absolute Gasteiger partial charge is 0.166 e. The number of carbonyl (C=O) groups excluding carboxylic acids is 1. The molecule has 1 aliphatic rings. The molecule has 2 nitrogen and oxygen atoms in total. The molecule has 1 aromatic carbocycles. The van der Waals surface area contributed by atoms with Gasteiger partial charge in [-0.25, -0.2) is 0 Å². The summed E-state index contributed by atoms with van der Waals surface area (Å²) in [6.45, 7) is 4.57. The van der Waals surface area contributed by atoms with Gasteiger partial charge in [-0.1, -0.05) is 37.3 Å². The highest BCUT2D eigenvalue weighted by Crippen LogP contribution is 2.30. The molecule has 0 atom stereocenters. The summed E-state index contributed by atoms with van der Waals surface area (Å²) in [4.78, 5) is 12.4. The standard InChI is InChI=1S/C17H24O2/c1-3-19-17-11-8-13(2)12-15(17)16(18)10-9-14-6-4-5-7-14/h8,11-12,14H,3-7,9-10H2,1-2H3. The minimum absolute atomic E-state index is 0.235. The van der Waals surface area contributed by atoms with Crippen molar-refractivity contribution in [1.82, 2.24) is 0 Å². The molecule has 0 aliphatic heterocycles. The summed E-state index contributed by atoms with van der Waals surface area (Å²) in [5.41, 5.74) is 1.88. The van der Waals surface area contributed by atoms with Crippen LogP contribution in [0.2, 0.25) is 0 Å². The lowest BCUT2D eigenvalue weighted by Crippen LogP contribution is -2.06. The SMILES string of the molecule is CCOc1ccc(C)cc1C(=O)CCC1CCCC1. The van der Waals surface area contributed by atoms with Gasteiger partial charge in [0.1, 0.15) is 5.75 Å². The number of carbonyl (C=O) groups is 1. The first-order chi connectivity index (χ1) is 9.20. The molecule has 1 fully saturated rings. The lowest BCUT2D eigenvalue weighted by atomic mass is 9.96. The normalized spacial score (nSPS) is 15.7. The molecule has 2 rings (SSSR count). The van der Waals surface area contributed by atoms with Gasteiger partial charge in [0.05, 0.1) is 12.2 Å². The summed E-state index contributed by atoms with van der Waals surface area (Å²) in [6, 6.07) is 5.88. The molecule has 19 heavy (non-hydrogen) atoms. The van der Waals surface area contributed by atoms with Crippen LogP contribution in [0.25, 0.3) is 0 Å². The Morgan fingerprint density at radius 3 is 2.74 bits per heavy atom. The number of Topliss-reactive ketones (excluding diaryl/α,β-unsaturated/α-hetero) is 1. The number of hydrogen-bond acceptors (Lipinski definition) is 2. The van der Waals surface area contributed by atoms with Gasteiger partial charge in [-0.2, -0.15) is 0 Å². The third-order valence-electron chi connectivity index (χ3n) is 3.99. The maximum Gasteiger partial charge on any atom is 0.166 e. The van der Waals surface area contributed by atoms with Gasteiger partial charge >= 0.3 is 0 Å². The molecule has 0 amide bonds. The third kappa shape index (κ3) is 3.82. The average Bonchev–Trinajstić information content (AvgIpc) is 2.91. The van der Waals surface area contributed by atoms with Crippen molar-refractivity contribution in [2.45, 2.75) is 52.4 Å². The van der Waals surface area contributed by atoms with Crippen LogP contribution >= 0.6 is 0 Å². The van der Waals surface area contributed by atoms with E-state index in [1.54, 1.807) is 0 Å². The Hall–Kier alpha value is -1.31. The average molecular weight is 260 g/mol. The predicted octanol–water partition coefficient (Wildman–Crippen LogP) is 4.55. The van der Waals surface area contributed by atoms with Crippen LogP contribution in [0, 0.1) is 12.8 Å². The van der Waals surface area contributed by atoms with Crippen molar-refractivity contribution in [3.05, 3.63) is 29.3 Å². The van der Waals surface area contributed by atoms with Crippen molar-refractivity contribution < 1.29 is 9.53 Å². The van der Waals surface area contributed by atoms with Gasteiger partial charge in [-0.05, 0) is 38.3 Å². The van der Waals surface area contributed by atoms with Crippen LogP contribution in [0.3, 0.4) is 0 Å². The molecule has 0 bridgehead atoms. The summed E-state index contributed by atoms with van der Waals surface area (Å²) in [5, 5.41) is 0. The first-order valence-electron chi connectivity index (χ1n) is 7.47. The van der Waals surface area contributed by atoms with E-state index in [-0.39, 0.29) is 5.78 Å². The van der Waals surface area contributed by atoms with E-state index in [0.717, 1.165) is 29.2 Å². The zero-order valence-electron chi connectivity index (χ0n) is 12.1. The summed E-state index contributed by atoms with van der Waals surface area (Å²) >= 11 is 0. The van der Waals surface area contributed by atoms with Crippen LogP contribution in [0.5, 0.6) is 5.75 Å². The van der Waals surface area contributed by atoms with Crippen molar-refractivity contribution in [2.24, 2.45) is 5.92 Å². The second-order valence-corrected chi connectivity index (χ2v) is 5.54. The van der Waals surface area contributed by atoms with Crippen LogP contribution in [-0.4, -0.2) is 12.4 Å². The van der Waals surface area contributed by atoms with Gasteiger partial charge in [0.2, 0.25) is 0 Å². The molecule has 1 aliphatic carbocycles. The number of ketones is 1. The second kappa shape index (κ2) is 6.74.